The Morgan fingerprint density at radius 2 is 0.794 bits per heavy atom. The minimum Gasteiger partial charge on any atom is -0.481 e. The van der Waals surface area contributed by atoms with Crippen LogP contribution in [0, 0.1) is 11.3 Å². The molecule has 0 aromatic carbocycles. The topological polar surface area (TPSA) is 1010 Å². The molecule has 47 N–H and O–H groups in total. The van der Waals surface area contributed by atoms with Gasteiger partial charge in [0.25, 0.3) is 0 Å². The van der Waals surface area contributed by atoms with Crippen LogP contribution in [0.2, 0.25) is 0 Å². The number of aromatic nitrogens is 2. The summed E-state index contributed by atoms with van der Waals surface area (Å²) in [6.07, 6.45) is 3.96. The van der Waals surface area contributed by atoms with Gasteiger partial charge in [-0.15, -0.1) is 0 Å². The summed E-state index contributed by atoms with van der Waals surface area (Å²) in [4.78, 5) is 166. The van der Waals surface area contributed by atoms with Crippen LogP contribution in [0.3, 0.4) is 0 Å². The summed E-state index contributed by atoms with van der Waals surface area (Å²) in [6, 6.07) is -10.3. The fourth-order valence-corrected chi connectivity index (χ4v) is 6.24. The Bertz CT molecular complexity index is 2540. The van der Waals surface area contributed by atoms with Crippen molar-refractivity contribution in [2.24, 2.45) is 91.9 Å². The number of aromatic amines is 1. The van der Waals surface area contributed by atoms with Gasteiger partial charge in [0, 0.05) is 49.3 Å². The number of carboxylic acids is 14. The molecule has 52 heteroatoms. The molecule has 1 unspecified atom stereocenters. The van der Waals surface area contributed by atoms with Crippen LogP contribution in [0.5, 0.6) is 0 Å². The fourth-order valence-electron chi connectivity index (χ4n) is 3.86. The quantitative estimate of drug-likeness (QED) is 0.00975. The Morgan fingerprint density at radius 3 is 1.00 bits per heavy atom. The SMILES string of the molecule is CC(C)C[C@H](N)C(=O)O.C[C@H](N)C(=O)O.N=C(N)NCCC[C@H](N)C(=O)O.NC(=O)CC[C@H](N)C(=O)O.NC(=O)C[C@H](N)C(=O)O.NC(CSSC[C@H](N)C(=O)O)C(=O)O.NCC(=O)O.N[C@@H](CC(=O)O)C(=O)O.N[C@@H](CCC(=O)O)C(=O)O.N[C@@H](CS)C(=O)O.N[C@@H](Cc1c[nH]cn1)C(=O)O. The predicted octanol–water partition coefficient (Wildman–Crippen LogP) is -9.49. The molecular weight excluding hydrogens is 1440 g/mol. The van der Waals surface area contributed by atoms with Crippen molar-refractivity contribution in [1.82, 2.24) is 15.3 Å². The first-order chi connectivity index (χ1) is 46.5. The largest absolute Gasteiger partial charge is 0.481 e. The molecule has 2 amide bonds. The number of carbonyl (C=O) groups excluding carboxylic acids is 2. The molecule has 0 aliphatic carbocycles. The van der Waals surface area contributed by atoms with Gasteiger partial charge in [-0.2, -0.15) is 12.6 Å². The number of H-pyrrole nitrogens is 1. The van der Waals surface area contributed by atoms with Crippen molar-refractivity contribution in [3.63, 3.8) is 0 Å². The highest BCUT2D eigenvalue weighted by Gasteiger charge is 2.18. The second-order valence-corrected chi connectivity index (χ2v) is 22.4. The summed E-state index contributed by atoms with van der Waals surface area (Å²) in [6.45, 7) is 5.52. The van der Waals surface area contributed by atoms with Crippen molar-refractivity contribution in [1.29, 1.82) is 5.41 Å². The van der Waals surface area contributed by atoms with E-state index < -0.39 is 168 Å². The van der Waals surface area contributed by atoms with E-state index in [0.717, 1.165) is 0 Å². The number of aliphatic carboxylic acids is 14. The highest BCUT2D eigenvalue weighted by molar-refractivity contribution is 8.76. The van der Waals surface area contributed by atoms with Gasteiger partial charge in [0.15, 0.2) is 5.96 Å². The lowest BCUT2D eigenvalue weighted by Crippen LogP contribution is -2.34. The molecule has 0 spiro atoms. The van der Waals surface area contributed by atoms with E-state index in [9.17, 15) is 76.7 Å². The van der Waals surface area contributed by atoms with E-state index in [1.165, 1.54) is 34.8 Å². The second-order valence-electron chi connectivity index (χ2n) is 19.5. The minimum atomic E-state index is -1.29. The molecular formula is C50H101N19O30S3. The number of imidazole rings is 1. The van der Waals surface area contributed by atoms with Crippen molar-refractivity contribution >= 4 is 136 Å². The van der Waals surface area contributed by atoms with Crippen molar-refractivity contribution in [3.8, 4) is 0 Å². The summed E-state index contributed by atoms with van der Waals surface area (Å²) in [5, 5.41) is 123. The van der Waals surface area contributed by atoms with Crippen molar-refractivity contribution in [3.05, 3.63) is 18.2 Å². The van der Waals surface area contributed by atoms with Crippen LogP contribution in [0.25, 0.3) is 0 Å². The first-order valence-corrected chi connectivity index (χ1v) is 31.2. The number of carboxylic acid groups (broad SMARTS) is 14. The summed E-state index contributed by atoms with van der Waals surface area (Å²) < 4.78 is 0. The van der Waals surface area contributed by atoms with Gasteiger partial charge in [-0.3, -0.25) is 82.1 Å². The Labute approximate surface area is 594 Å². The lowest BCUT2D eigenvalue weighted by atomic mass is 10.1. The molecule has 0 aliphatic heterocycles. The maximum absolute atomic E-state index is 10.3. The molecule has 0 saturated carbocycles. The molecule has 0 fully saturated rings. The maximum atomic E-state index is 10.3. The third kappa shape index (κ3) is 99.2. The molecule has 594 valence electrons. The van der Waals surface area contributed by atoms with Crippen LogP contribution in [-0.4, -0.2) is 280 Å². The van der Waals surface area contributed by atoms with Gasteiger partial charge in [-0.05, 0) is 44.9 Å². The van der Waals surface area contributed by atoms with E-state index in [4.69, 9.17) is 151 Å². The van der Waals surface area contributed by atoms with Crippen LogP contribution in [-0.2, 0) is 83.1 Å². The number of thiol groups is 1. The second kappa shape index (κ2) is 71.4. The molecule has 0 aliphatic rings. The van der Waals surface area contributed by atoms with Gasteiger partial charge in [0.2, 0.25) is 11.8 Å². The molecule has 0 saturated heterocycles. The Hall–Kier alpha value is -9.43. The third-order valence-corrected chi connectivity index (χ3v) is 12.3. The Morgan fingerprint density at radius 1 is 0.461 bits per heavy atom. The molecule has 49 nitrogen and oxygen atoms in total. The number of hydrogen-bond acceptors (Lipinski definition) is 33. The first-order valence-electron chi connectivity index (χ1n) is 28.1. The summed E-state index contributed by atoms with van der Waals surface area (Å²) in [5.41, 5.74) is 75.3. The molecule has 102 heavy (non-hydrogen) atoms. The predicted molar refractivity (Wildman–Crippen MR) is 365 cm³/mol. The lowest BCUT2D eigenvalue weighted by molar-refractivity contribution is -0.144. The average Bonchev–Trinajstić information content (AvgIpc) is 1.83. The molecule has 0 bridgehead atoms. The zero-order valence-corrected chi connectivity index (χ0v) is 57.9. The van der Waals surface area contributed by atoms with Crippen LogP contribution in [0.1, 0.15) is 84.3 Å². The number of primary amides is 2. The molecule has 1 rings (SSSR count). The van der Waals surface area contributed by atoms with Gasteiger partial charge in [0.05, 0.1) is 31.4 Å². The number of amides is 2. The highest BCUT2D eigenvalue weighted by Crippen LogP contribution is 2.22. The Balaban J connectivity index is -0.000000115. The number of guanidine groups is 1. The normalized spacial score (nSPS) is 12.8. The van der Waals surface area contributed by atoms with Crippen molar-refractivity contribution in [2.75, 3.05) is 30.3 Å². The minimum absolute atomic E-state index is 0.0213. The lowest BCUT2D eigenvalue weighted by Gasteiger charge is -2.07. The number of carbonyl (C=O) groups is 16. The van der Waals surface area contributed by atoms with Gasteiger partial charge >= 0.3 is 83.6 Å². The molecule has 1 heterocycles. The Kier molecular flexibility index (Phi) is 79.7. The maximum Gasteiger partial charge on any atom is 0.321 e. The fraction of sp³-hybridized carbons (Fsp3) is 0.600. The molecule has 0 radical (unpaired) electrons. The van der Waals surface area contributed by atoms with Crippen molar-refractivity contribution < 1.29 is 148 Å². The number of rotatable bonds is 36. The van der Waals surface area contributed by atoms with E-state index in [0.29, 0.717) is 37.4 Å². The van der Waals surface area contributed by atoms with Gasteiger partial charge in [0.1, 0.15) is 66.5 Å². The number of nitrogens with one attached hydrogen (secondary N) is 3. The van der Waals surface area contributed by atoms with Gasteiger partial charge in [-0.1, -0.05) is 35.4 Å². The van der Waals surface area contributed by atoms with Crippen molar-refractivity contribution in [2.45, 2.75) is 151 Å². The monoisotopic (exact) mass is 1540 g/mol. The van der Waals surface area contributed by atoms with Crippen LogP contribution in [0.4, 0.5) is 0 Å². The molecule has 11 atom stereocenters. The van der Waals surface area contributed by atoms with E-state index in [1.54, 1.807) is 6.20 Å². The van der Waals surface area contributed by atoms with E-state index in [-0.39, 0.29) is 68.3 Å². The first kappa shape index (κ1) is 114. The average molecular weight is 1540 g/mol. The number of hydrogen-bond donors (Lipinski definition) is 33. The van der Waals surface area contributed by atoms with E-state index >= 15 is 0 Å². The van der Waals surface area contributed by atoms with E-state index in [2.05, 4.69) is 39.4 Å². The standard InChI is InChI=1S/C6H14N4O2.C6H9N3O2.C6H12N2O4S2.C6H13NO2.C5H10N2O3.C5H9NO4.C4H8N2O3.C4H7NO4.C3H7NO2S.C3H7NO2.C2H5NO2/c7-4(5(11)12)2-1-3-10-6(8)9;7-5(6(10)11)1-4-2-8-3-9-4;7-3(5(9)10)1-13-14-2-4(8)6(11)12;1-4(2)3-5(7)6(8)9;2*6-3(5(9)10)1-2-4(7)8;2*5-2(4(8)9)1-3(6)7;4-2(1-7)3(5)6;1-2(4)3(5)6;3-1-2(4)5/h4H,1-3,7H2,(H,11,12)(H4,8,9,10);2-3,5H,1,7H2,(H,8,9)(H,10,11);3-4H,1-2,7-8H2,(H,9,10)(H,11,12);4-5H,3,7H2,1-2H3,(H,8,9);3H,1-2,6H2,(H2,7,8)(H,9,10);3H,1-2,6H2,(H,7,8)(H,9,10);2H,1,5H2,(H2,6,7)(H,8,9);2H,1,5H2,(H,6,7)(H,8,9);2,7H,1,4H2,(H,5,6);2H,4H2,1H3,(H,5,6);1,3H2,(H,4,5)/t4-;5-;3-,4?;5-;2*3-;4*2-;/m0000000000./s1. The van der Waals surface area contributed by atoms with Crippen LogP contribution >= 0.6 is 34.2 Å². The summed E-state index contributed by atoms with van der Waals surface area (Å²) >= 11 is 3.65. The van der Waals surface area contributed by atoms with Crippen LogP contribution < -0.4 is 91.3 Å². The van der Waals surface area contributed by atoms with E-state index in [1.807, 2.05) is 13.8 Å². The zero-order valence-electron chi connectivity index (χ0n) is 55.4. The summed E-state index contributed by atoms with van der Waals surface area (Å²) in [5.74, 6) is -15.4. The third-order valence-electron chi connectivity index (χ3n) is 9.41. The highest BCUT2D eigenvalue weighted by atomic mass is 33.1. The summed E-state index contributed by atoms with van der Waals surface area (Å²) in [7, 11) is 2.41. The smallest absolute Gasteiger partial charge is 0.321 e. The zero-order chi connectivity index (χ0) is 82.9. The number of nitrogens with two attached hydrogens (primary N) is 15. The number of nitrogens with zero attached hydrogens (tertiary/aromatic N) is 1. The van der Waals surface area contributed by atoms with Crippen LogP contribution in [0.15, 0.2) is 12.5 Å². The molecule has 1 aromatic heterocycles. The van der Waals surface area contributed by atoms with Gasteiger partial charge < -0.3 is 168 Å². The molecule has 1 aromatic rings. The van der Waals surface area contributed by atoms with Gasteiger partial charge in [-0.25, -0.2) is 4.98 Å².